The Morgan fingerprint density at radius 2 is 2.24 bits per heavy atom. The molecule has 0 spiro atoms. The second kappa shape index (κ2) is 7.16. The minimum Gasteiger partial charge on any atom is -0.496 e. The molecule has 0 atom stereocenters. The van der Waals surface area contributed by atoms with Gasteiger partial charge in [-0.15, -0.1) is 0 Å². The highest BCUT2D eigenvalue weighted by molar-refractivity contribution is 5.87. The van der Waals surface area contributed by atoms with E-state index in [4.69, 9.17) is 14.2 Å². The normalized spacial score (nSPS) is 14.1. The van der Waals surface area contributed by atoms with Crippen LogP contribution < -0.4 is 9.47 Å². The number of hydrogen-bond donors (Lipinski definition) is 0. The molecule has 4 heteroatoms. The number of rotatable bonds is 5. The predicted octanol–water partition coefficient (Wildman–Crippen LogP) is 3.07. The summed E-state index contributed by atoms with van der Waals surface area (Å²) in [5.41, 5.74) is 2.81. The fourth-order valence-corrected chi connectivity index (χ4v) is 2.44. The Hall–Kier alpha value is -1.97. The van der Waals surface area contributed by atoms with E-state index in [0.29, 0.717) is 18.6 Å². The van der Waals surface area contributed by atoms with Crippen LogP contribution in [0.3, 0.4) is 0 Å². The average molecular weight is 290 g/mol. The van der Waals surface area contributed by atoms with Crippen molar-refractivity contribution in [3.63, 3.8) is 0 Å². The molecule has 0 saturated carbocycles. The lowest BCUT2D eigenvalue weighted by Crippen LogP contribution is -2.11. The summed E-state index contributed by atoms with van der Waals surface area (Å²) in [7, 11) is 1.65. The largest absolute Gasteiger partial charge is 0.496 e. The molecule has 1 aliphatic heterocycles. The molecular weight excluding hydrogens is 268 g/mol. The number of carbonyl (C=O) groups excluding carboxylic acids is 1. The van der Waals surface area contributed by atoms with Crippen molar-refractivity contribution in [2.45, 2.75) is 33.1 Å². The van der Waals surface area contributed by atoms with E-state index in [1.54, 1.807) is 21.0 Å². The molecule has 114 valence electrons. The van der Waals surface area contributed by atoms with Crippen LogP contribution in [-0.2, 0) is 22.4 Å². The van der Waals surface area contributed by atoms with Gasteiger partial charge >= 0.3 is 5.97 Å². The molecule has 0 saturated heterocycles. The van der Waals surface area contributed by atoms with Gasteiger partial charge in [0.15, 0.2) is 0 Å². The molecule has 0 unspecified atom stereocenters. The van der Waals surface area contributed by atoms with Gasteiger partial charge in [-0.2, -0.15) is 0 Å². The maximum atomic E-state index is 11.7. The molecule has 1 heterocycles. The van der Waals surface area contributed by atoms with E-state index in [9.17, 15) is 4.79 Å². The molecule has 0 radical (unpaired) electrons. The molecule has 0 bridgehead atoms. The highest BCUT2D eigenvalue weighted by atomic mass is 16.5. The van der Waals surface area contributed by atoms with Crippen LogP contribution in [0.1, 0.15) is 31.4 Å². The van der Waals surface area contributed by atoms with E-state index in [2.05, 4.69) is 6.07 Å². The van der Waals surface area contributed by atoms with Gasteiger partial charge in [0, 0.05) is 11.1 Å². The highest BCUT2D eigenvalue weighted by Crippen LogP contribution is 2.36. The molecule has 4 nitrogen and oxygen atoms in total. The first-order chi connectivity index (χ1) is 10.2. The zero-order valence-electron chi connectivity index (χ0n) is 12.9. The van der Waals surface area contributed by atoms with E-state index in [1.807, 2.05) is 12.1 Å². The maximum Gasteiger partial charge on any atom is 0.333 e. The van der Waals surface area contributed by atoms with E-state index < -0.39 is 0 Å². The van der Waals surface area contributed by atoms with Gasteiger partial charge < -0.3 is 14.2 Å². The van der Waals surface area contributed by atoms with Crippen LogP contribution >= 0.6 is 0 Å². The van der Waals surface area contributed by atoms with Gasteiger partial charge in [-0.05, 0) is 44.7 Å². The van der Waals surface area contributed by atoms with Crippen LogP contribution in [0.4, 0.5) is 0 Å². The monoisotopic (exact) mass is 290 g/mol. The van der Waals surface area contributed by atoms with Crippen molar-refractivity contribution in [2.24, 2.45) is 0 Å². The van der Waals surface area contributed by atoms with Gasteiger partial charge in [-0.1, -0.05) is 12.1 Å². The molecule has 0 N–H and O–H groups in total. The standard InChI is InChI=1S/C17H22O4/c1-4-20-17(18)12(2)7-9-14-15(19-3)10-8-13-6-5-11-21-16(13)14/h7-8,10H,4-6,9,11H2,1-3H3. The summed E-state index contributed by atoms with van der Waals surface area (Å²) in [6.45, 7) is 4.68. The zero-order chi connectivity index (χ0) is 15.2. The van der Waals surface area contributed by atoms with Crippen LogP contribution in [-0.4, -0.2) is 26.3 Å². The Morgan fingerprint density at radius 1 is 1.43 bits per heavy atom. The second-order valence-electron chi connectivity index (χ2n) is 5.00. The molecule has 2 rings (SSSR count). The quantitative estimate of drug-likeness (QED) is 0.617. The summed E-state index contributed by atoms with van der Waals surface area (Å²) in [5, 5.41) is 0. The minimum absolute atomic E-state index is 0.276. The second-order valence-corrected chi connectivity index (χ2v) is 5.00. The van der Waals surface area contributed by atoms with E-state index in [-0.39, 0.29) is 5.97 Å². The number of carbonyl (C=O) groups is 1. The molecular formula is C17H22O4. The molecule has 21 heavy (non-hydrogen) atoms. The van der Waals surface area contributed by atoms with Gasteiger partial charge in [0.25, 0.3) is 0 Å². The van der Waals surface area contributed by atoms with Crippen molar-refractivity contribution >= 4 is 5.97 Å². The lowest BCUT2D eigenvalue weighted by molar-refractivity contribution is -0.138. The van der Waals surface area contributed by atoms with Crippen LogP contribution in [0.25, 0.3) is 0 Å². The van der Waals surface area contributed by atoms with Gasteiger partial charge in [-0.3, -0.25) is 0 Å². The van der Waals surface area contributed by atoms with Gasteiger partial charge in [0.2, 0.25) is 0 Å². The summed E-state index contributed by atoms with van der Waals surface area (Å²) in [6.07, 6.45) is 4.52. The number of fused-ring (bicyclic) bond motifs is 1. The van der Waals surface area contributed by atoms with E-state index >= 15 is 0 Å². The number of ether oxygens (including phenoxy) is 3. The van der Waals surface area contributed by atoms with Crippen LogP contribution in [0.2, 0.25) is 0 Å². The molecule has 1 aromatic rings. The third kappa shape index (κ3) is 3.57. The van der Waals surface area contributed by atoms with Crippen molar-refractivity contribution in [2.75, 3.05) is 20.3 Å². The number of methoxy groups -OCH3 is 1. The molecule has 1 aromatic carbocycles. The van der Waals surface area contributed by atoms with Crippen LogP contribution in [0.15, 0.2) is 23.8 Å². The smallest absolute Gasteiger partial charge is 0.333 e. The summed E-state index contributed by atoms with van der Waals surface area (Å²) < 4.78 is 16.2. The fourth-order valence-electron chi connectivity index (χ4n) is 2.44. The number of esters is 1. The lowest BCUT2D eigenvalue weighted by Gasteiger charge is -2.21. The Kier molecular flexibility index (Phi) is 5.26. The first-order valence-corrected chi connectivity index (χ1v) is 7.32. The number of benzene rings is 1. The van der Waals surface area contributed by atoms with Crippen molar-refractivity contribution < 1.29 is 19.0 Å². The van der Waals surface area contributed by atoms with E-state index in [1.165, 1.54) is 5.56 Å². The van der Waals surface area contributed by atoms with Crippen LogP contribution in [0.5, 0.6) is 11.5 Å². The van der Waals surface area contributed by atoms with Gasteiger partial charge in [0.05, 0.1) is 20.3 Å². The Bertz CT molecular complexity index is 546. The number of aryl methyl sites for hydroxylation is 1. The lowest BCUT2D eigenvalue weighted by atomic mass is 9.99. The summed E-state index contributed by atoms with van der Waals surface area (Å²) in [6, 6.07) is 4.02. The first kappa shape index (κ1) is 15.4. The van der Waals surface area contributed by atoms with Gasteiger partial charge in [-0.25, -0.2) is 4.79 Å². The third-order valence-corrected chi connectivity index (χ3v) is 3.57. The fraction of sp³-hybridized carbons (Fsp3) is 0.471. The van der Waals surface area contributed by atoms with Crippen molar-refractivity contribution in [1.82, 2.24) is 0 Å². The van der Waals surface area contributed by atoms with E-state index in [0.717, 1.165) is 36.5 Å². The average Bonchev–Trinajstić information content (AvgIpc) is 2.52. The molecule has 0 fully saturated rings. The predicted molar refractivity (Wildman–Crippen MR) is 80.9 cm³/mol. The maximum absolute atomic E-state index is 11.7. The van der Waals surface area contributed by atoms with Gasteiger partial charge in [0.1, 0.15) is 11.5 Å². The number of allylic oxidation sites excluding steroid dienone is 1. The first-order valence-electron chi connectivity index (χ1n) is 7.32. The highest BCUT2D eigenvalue weighted by Gasteiger charge is 2.18. The molecule has 1 aliphatic rings. The summed E-state index contributed by atoms with van der Waals surface area (Å²) in [4.78, 5) is 11.7. The number of hydrogen-bond acceptors (Lipinski definition) is 4. The Balaban J connectivity index is 2.26. The Labute approximate surface area is 125 Å². The molecule has 0 aromatic heterocycles. The minimum atomic E-state index is -0.276. The molecule has 0 amide bonds. The SMILES string of the molecule is CCOC(=O)C(C)=CCc1c(OC)ccc2c1OCCC2. The summed E-state index contributed by atoms with van der Waals surface area (Å²) in [5.74, 6) is 1.43. The van der Waals surface area contributed by atoms with Crippen molar-refractivity contribution in [3.05, 3.63) is 34.9 Å². The third-order valence-electron chi connectivity index (χ3n) is 3.57. The zero-order valence-corrected chi connectivity index (χ0v) is 12.9. The Morgan fingerprint density at radius 3 is 2.95 bits per heavy atom. The summed E-state index contributed by atoms with van der Waals surface area (Å²) >= 11 is 0. The van der Waals surface area contributed by atoms with Crippen LogP contribution in [0, 0.1) is 0 Å². The van der Waals surface area contributed by atoms with Crippen molar-refractivity contribution in [3.8, 4) is 11.5 Å². The van der Waals surface area contributed by atoms with Crippen molar-refractivity contribution in [1.29, 1.82) is 0 Å². The molecule has 0 aliphatic carbocycles. The topological polar surface area (TPSA) is 44.8 Å².